The maximum absolute atomic E-state index is 12.5. The van der Waals surface area contributed by atoms with Crippen LogP contribution in [0.25, 0.3) is 0 Å². The molecule has 2 atom stereocenters. The Bertz CT molecular complexity index is 970. The van der Waals surface area contributed by atoms with Gasteiger partial charge in [0, 0.05) is 19.4 Å². The molecule has 0 bridgehead atoms. The molecular weight excluding hydrogens is 689 g/mol. The van der Waals surface area contributed by atoms with Gasteiger partial charge in [-0.05, 0) is 44.9 Å². The van der Waals surface area contributed by atoms with Crippen LogP contribution in [0.15, 0.2) is 36.5 Å². The molecule has 0 aliphatic rings. The molecule has 0 fully saturated rings. The Balaban J connectivity index is 4.24. The molecule has 0 radical (unpaired) electrons. The van der Waals surface area contributed by atoms with Gasteiger partial charge < -0.3 is 20.1 Å². The zero-order valence-corrected chi connectivity index (χ0v) is 34.9. The quantitative estimate of drug-likeness (QED) is 0.0270. The summed E-state index contributed by atoms with van der Waals surface area (Å²) in [6.07, 6.45) is 43.2. The summed E-state index contributed by atoms with van der Waals surface area (Å²) in [5.41, 5.74) is 5.34. The Morgan fingerprint density at radius 1 is 0.566 bits per heavy atom. The number of hydrogen-bond acceptors (Lipinski definition) is 8. The fourth-order valence-corrected chi connectivity index (χ4v) is 6.59. The maximum Gasteiger partial charge on any atom is 0.472 e. The molecule has 0 amide bonds. The molecule has 0 aromatic rings. The van der Waals surface area contributed by atoms with E-state index < -0.39 is 32.5 Å². The van der Waals surface area contributed by atoms with Crippen molar-refractivity contribution in [2.24, 2.45) is 5.73 Å². The summed E-state index contributed by atoms with van der Waals surface area (Å²) in [5.74, 6) is -0.885. The molecule has 0 aromatic carbocycles. The second kappa shape index (κ2) is 39.9. The number of phosphoric acid groups is 1. The zero-order chi connectivity index (χ0) is 38.9. The van der Waals surface area contributed by atoms with Crippen molar-refractivity contribution < 1.29 is 37.6 Å². The number of rotatable bonds is 40. The standard InChI is InChI=1S/C43H80NO8P/c1-3-5-7-9-11-13-15-17-19-20-22-24-26-28-30-32-34-36-43(46)52-41(40-51-53(47,48)50-38-37-44)39-49-42(45)35-33-31-29-27-25-23-21-18-16-14-12-10-8-6-4-2/h17,19,22,24,28,30,41H,3-16,18,20-21,23,25-27,29,31-40,44H2,1-2H3,(H,47,48)/t41-/m1/s1. The third kappa shape index (κ3) is 39.7. The average molecular weight is 770 g/mol. The minimum atomic E-state index is -4.39. The van der Waals surface area contributed by atoms with Gasteiger partial charge in [-0.15, -0.1) is 0 Å². The SMILES string of the molecule is CCCCCCCCC=CCC=CCC=CCCCC(=O)O[C@H](COC(=O)CCCCCCCCCCCCCCCCC)COP(=O)(O)OCCN. The van der Waals surface area contributed by atoms with Crippen molar-refractivity contribution in [2.45, 2.75) is 200 Å². The molecular formula is C43H80NO8P. The summed E-state index contributed by atoms with van der Waals surface area (Å²) in [7, 11) is -4.39. The smallest absolute Gasteiger partial charge is 0.462 e. The van der Waals surface area contributed by atoms with Gasteiger partial charge in [0.05, 0.1) is 13.2 Å². The summed E-state index contributed by atoms with van der Waals surface area (Å²) < 4.78 is 32.7. The van der Waals surface area contributed by atoms with E-state index in [9.17, 15) is 19.0 Å². The number of carbonyl (C=O) groups is 2. The average Bonchev–Trinajstić information content (AvgIpc) is 3.14. The van der Waals surface area contributed by atoms with Crippen LogP contribution < -0.4 is 5.73 Å². The van der Waals surface area contributed by atoms with E-state index in [2.05, 4.69) is 44.2 Å². The lowest BCUT2D eigenvalue weighted by molar-refractivity contribution is -0.161. The van der Waals surface area contributed by atoms with Gasteiger partial charge >= 0.3 is 19.8 Å². The molecule has 1 unspecified atom stereocenters. The largest absolute Gasteiger partial charge is 0.472 e. The van der Waals surface area contributed by atoms with Crippen LogP contribution in [0.1, 0.15) is 194 Å². The third-order valence-corrected chi connectivity index (χ3v) is 10.0. The van der Waals surface area contributed by atoms with E-state index in [-0.39, 0.29) is 32.6 Å². The topological polar surface area (TPSA) is 134 Å². The first-order valence-electron chi connectivity index (χ1n) is 21.5. The van der Waals surface area contributed by atoms with Gasteiger partial charge in [0.2, 0.25) is 0 Å². The molecule has 0 heterocycles. The molecule has 53 heavy (non-hydrogen) atoms. The first-order chi connectivity index (χ1) is 25.8. The van der Waals surface area contributed by atoms with Crippen molar-refractivity contribution >= 4 is 19.8 Å². The van der Waals surface area contributed by atoms with Crippen molar-refractivity contribution in [2.75, 3.05) is 26.4 Å². The van der Waals surface area contributed by atoms with E-state index >= 15 is 0 Å². The van der Waals surface area contributed by atoms with E-state index in [1.807, 2.05) is 6.08 Å². The Morgan fingerprint density at radius 3 is 1.51 bits per heavy atom. The Labute approximate surface area is 324 Å². The van der Waals surface area contributed by atoms with Gasteiger partial charge in [-0.25, -0.2) is 4.57 Å². The third-order valence-electron chi connectivity index (χ3n) is 9.03. The maximum atomic E-state index is 12.5. The molecule has 0 spiro atoms. The minimum Gasteiger partial charge on any atom is -0.462 e. The van der Waals surface area contributed by atoms with Crippen LogP contribution in [-0.4, -0.2) is 49.3 Å². The Hall–Kier alpha value is -1.77. The van der Waals surface area contributed by atoms with Crippen LogP contribution >= 0.6 is 7.82 Å². The Morgan fingerprint density at radius 2 is 1.00 bits per heavy atom. The first kappa shape index (κ1) is 51.2. The molecule has 0 aromatic heterocycles. The normalized spacial score (nSPS) is 13.7. The van der Waals surface area contributed by atoms with E-state index in [0.29, 0.717) is 6.42 Å². The van der Waals surface area contributed by atoms with Crippen LogP contribution in [0.3, 0.4) is 0 Å². The van der Waals surface area contributed by atoms with Gasteiger partial charge in [0.1, 0.15) is 6.61 Å². The highest BCUT2D eigenvalue weighted by atomic mass is 31.2. The van der Waals surface area contributed by atoms with Gasteiger partial charge in [-0.3, -0.25) is 18.6 Å². The highest BCUT2D eigenvalue weighted by molar-refractivity contribution is 7.47. The fourth-order valence-electron chi connectivity index (χ4n) is 5.83. The van der Waals surface area contributed by atoms with Crippen molar-refractivity contribution in [1.82, 2.24) is 0 Å². The Kier molecular flexibility index (Phi) is 38.6. The number of esters is 2. The minimum absolute atomic E-state index is 0.0463. The van der Waals surface area contributed by atoms with Crippen LogP contribution in [0.4, 0.5) is 0 Å². The highest BCUT2D eigenvalue weighted by Gasteiger charge is 2.25. The predicted molar refractivity (Wildman–Crippen MR) is 220 cm³/mol. The molecule has 310 valence electrons. The lowest BCUT2D eigenvalue weighted by Crippen LogP contribution is -2.29. The monoisotopic (exact) mass is 770 g/mol. The zero-order valence-electron chi connectivity index (χ0n) is 34.0. The van der Waals surface area contributed by atoms with E-state index in [1.165, 1.54) is 116 Å². The van der Waals surface area contributed by atoms with Crippen LogP contribution in [-0.2, 0) is 32.7 Å². The van der Waals surface area contributed by atoms with Crippen molar-refractivity contribution in [3.05, 3.63) is 36.5 Å². The van der Waals surface area contributed by atoms with E-state index in [1.54, 1.807) is 0 Å². The number of allylic oxidation sites excluding steroid dienone is 6. The van der Waals surface area contributed by atoms with E-state index in [4.69, 9.17) is 24.3 Å². The summed E-state index contributed by atoms with van der Waals surface area (Å²) in [4.78, 5) is 34.8. The first-order valence-corrected chi connectivity index (χ1v) is 23.0. The number of phosphoric ester groups is 1. The number of carbonyl (C=O) groups excluding carboxylic acids is 2. The van der Waals surface area contributed by atoms with Crippen molar-refractivity contribution in [3.63, 3.8) is 0 Å². The van der Waals surface area contributed by atoms with Crippen LogP contribution in [0.5, 0.6) is 0 Å². The van der Waals surface area contributed by atoms with Gasteiger partial charge in [0.25, 0.3) is 0 Å². The summed E-state index contributed by atoms with van der Waals surface area (Å²) >= 11 is 0. The number of ether oxygens (including phenoxy) is 2. The van der Waals surface area contributed by atoms with Gasteiger partial charge in [-0.2, -0.15) is 0 Å². The molecule has 9 nitrogen and oxygen atoms in total. The second-order valence-electron chi connectivity index (χ2n) is 14.2. The summed E-state index contributed by atoms with van der Waals surface area (Å²) in [6, 6.07) is 0. The van der Waals surface area contributed by atoms with E-state index in [0.717, 1.165) is 44.9 Å². The number of nitrogens with two attached hydrogens (primary N) is 1. The number of unbranched alkanes of at least 4 members (excludes halogenated alkanes) is 21. The van der Waals surface area contributed by atoms with Gasteiger partial charge in [-0.1, -0.05) is 172 Å². The second-order valence-corrected chi connectivity index (χ2v) is 15.7. The molecule has 0 rings (SSSR count). The molecule has 0 aliphatic heterocycles. The molecule has 0 aliphatic carbocycles. The highest BCUT2D eigenvalue weighted by Crippen LogP contribution is 2.43. The predicted octanol–water partition coefficient (Wildman–Crippen LogP) is 12.2. The molecule has 10 heteroatoms. The summed E-state index contributed by atoms with van der Waals surface area (Å²) in [5, 5.41) is 0. The molecule has 3 N–H and O–H groups in total. The fraction of sp³-hybridized carbons (Fsp3) is 0.814. The van der Waals surface area contributed by atoms with Crippen molar-refractivity contribution in [1.29, 1.82) is 0 Å². The lowest BCUT2D eigenvalue weighted by atomic mass is 10.0. The van der Waals surface area contributed by atoms with Gasteiger partial charge in [0.15, 0.2) is 6.10 Å². The van der Waals surface area contributed by atoms with Crippen LogP contribution in [0.2, 0.25) is 0 Å². The van der Waals surface area contributed by atoms with Crippen LogP contribution in [0, 0.1) is 0 Å². The molecule has 0 saturated heterocycles. The summed E-state index contributed by atoms with van der Waals surface area (Å²) in [6.45, 7) is 3.68. The number of hydrogen-bond donors (Lipinski definition) is 2. The molecule has 0 saturated carbocycles. The lowest BCUT2D eigenvalue weighted by Gasteiger charge is -2.19. The van der Waals surface area contributed by atoms with Crippen molar-refractivity contribution in [3.8, 4) is 0 Å².